The molecule has 2 heteroatoms. The minimum Gasteiger partial charge on any atom is -0.318 e. The van der Waals surface area contributed by atoms with Crippen molar-refractivity contribution < 1.29 is 0 Å². The molecule has 0 amide bonds. The van der Waals surface area contributed by atoms with Crippen LogP contribution in [-0.2, 0) is 0 Å². The summed E-state index contributed by atoms with van der Waals surface area (Å²) in [7, 11) is 0. The zero-order valence-corrected chi connectivity index (χ0v) is 12.1. The molecule has 1 aromatic carbocycles. The average Bonchev–Trinajstić information content (AvgIpc) is 2.79. The van der Waals surface area contributed by atoms with E-state index in [4.69, 9.17) is 5.26 Å². The van der Waals surface area contributed by atoms with E-state index in [0.717, 1.165) is 11.6 Å². The van der Waals surface area contributed by atoms with E-state index < -0.39 is 0 Å². The van der Waals surface area contributed by atoms with E-state index in [0.29, 0.717) is 11.5 Å². The number of rotatable bonds is 3. The highest BCUT2D eigenvalue weighted by atomic mass is 15.0. The van der Waals surface area contributed by atoms with E-state index in [1.807, 2.05) is 24.3 Å². The van der Waals surface area contributed by atoms with Crippen LogP contribution in [0.25, 0.3) is 5.69 Å². The smallest absolute Gasteiger partial charge is 0.0991 e. The number of aromatic nitrogens is 1. The molecule has 0 aliphatic heterocycles. The van der Waals surface area contributed by atoms with Gasteiger partial charge >= 0.3 is 0 Å². The molecule has 20 heavy (non-hydrogen) atoms. The zero-order valence-electron chi connectivity index (χ0n) is 12.1. The molecule has 0 radical (unpaired) electrons. The monoisotopic (exact) mass is 264 g/mol. The predicted molar refractivity (Wildman–Crippen MR) is 81.0 cm³/mol. The molecule has 1 saturated carbocycles. The van der Waals surface area contributed by atoms with Crippen molar-refractivity contribution in [1.82, 2.24) is 4.57 Å². The van der Waals surface area contributed by atoms with Crippen molar-refractivity contribution in [2.75, 3.05) is 0 Å². The van der Waals surface area contributed by atoms with Crippen LogP contribution in [0.5, 0.6) is 0 Å². The Kier molecular flexibility index (Phi) is 3.36. The highest BCUT2D eigenvalue weighted by molar-refractivity contribution is 5.43. The summed E-state index contributed by atoms with van der Waals surface area (Å²) >= 11 is 0. The number of nitrogens with zero attached hydrogens (tertiary/aromatic N) is 2. The second-order valence-electron chi connectivity index (χ2n) is 5.87. The van der Waals surface area contributed by atoms with Crippen LogP contribution in [0.15, 0.2) is 36.4 Å². The number of nitriles is 1. The van der Waals surface area contributed by atoms with Crippen molar-refractivity contribution in [3.05, 3.63) is 53.3 Å². The van der Waals surface area contributed by atoms with Gasteiger partial charge < -0.3 is 4.57 Å². The quantitative estimate of drug-likeness (QED) is 0.798. The third-order valence-corrected chi connectivity index (χ3v) is 4.68. The molecule has 1 aromatic heterocycles. The summed E-state index contributed by atoms with van der Waals surface area (Å²) in [6.45, 7) is 4.49. The van der Waals surface area contributed by atoms with Gasteiger partial charge in [0.2, 0.25) is 0 Å². The van der Waals surface area contributed by atoms with E-state index in [2.05, 4.69) is 36.6 Å². The fourth-order valence-electron chi connectivity index (χ4n) is 3.13. The van der Waals surface area contributed by atoms with Gasteiger partial charge in [-0.2, -0.15) is 5.26 Å². The van der Waals surface area contributed by atoms with Gasteiger partial charge in [0.05, 0.1) is 11.6 Å². The van der Waals surface area contributed by atoms with Crippen molar-refractivity contribution in [3.8, 4) is 11.8 Å². The molecule has 1 heterocycles. The lowest BCUT2D eigenvalue weighted by Gasteiger charge is -2.32. The van der Waals surface area contributed by atoms with Gasteiger partial charge in [-0.15, -0.1) is 0 Å². The normalized spacial score (nSPS) is 16.4. The Morgan fingerprint density at radius 2 is 1.85 bits per heavy atom. The summed E-state index contributed by atoms with van der Waals surface area (Å²) in [6.07, 6.45) is 4.10. The van der Waals surface area contributed by atoms with E-state index in [1.165, 1.54) is 30.7 Å². The van der Waals surface area contributed by atoms with Crippen LogP contribution in [0.3, 0.4) is 0 Å². The Morgan fingerprint density at radius 1 is 1.15 bits per heavy atom. The van der Waals surface area contributed by atoms with Crippen molar-refractivity contribution >= 4 is 0 Å². The van der Waals surface area contributed by atoms with Crippen molar-refractivity contribution in [1.29, 1.82) is 5.26 Å². The van der Waals surface area contributed by atoms with Gasteiger partial charge in [0, 0.05) is 17.1 Å². The molecule has 102 valence electrons. The number of hydrogen-bond donors (Lipinski definition) is 0. The van der Waals surface area contributed by atoms with Crippen LogP contribution < -0.4 is 0 Å². The third kappa shape index (κ3) is 2.14. The Hall–Kier alpha value is -2.01. The van der Waals surface area contributed by atoms with Gasteiger partial charge in [0.1, 0.15) is 0 Å². The van der Waals surface area contributed by atoms with Crippen LogP contribution in [0.2, 0.25) is 0 Å². The molecule has 0 spiro atoms. The largest absolute Gasteiger partial charge is 0.318 e. The van der Waals surface area contributed by atoms with Gasteiger partial charge in [-0.05, 0) is 68.0 Å². The molecular formula is C18H20N2. The highest BCUT2D eigenvalue weighted by Gasteiger charge is 2.27. The Morgan fingerprint density at radius 3 is 2.40 bits per heavy atom. The Labute approximate surface area is 120 Å². The lowest BCUT2D eigenvalue weighted by molar-refractivity contribution is 0.267. The van der Waals surface area contributed by atoms with Crippen LogP contribution in [-0.4, -0.2) is 4.57 Å². The second-order valence-corrected chi connectivity index (χ2v) is 5.87. The first-order chi connectivity index (χ1) is 9.70. The van der Waals surface area contributed by atoms with Gasteiger partial charge in [-0.25, -0.2) is 0 Å². The number of aryl methyl sites for hydroxylation is 1. The molecule has 0 N–H and O–H groups in total. The summed E-state index contributed by atoms with van der Waals surface area (Å²) < 4.78 is 2.34. The third-order valence-electron chi connectivity index (χ3n) is 4.68. The Balaban J connectivity index is 1.99. The van der Waals surface area contributed by atoms with Crippen LogP contribution in [0, 0.1) is 24.2 Å². The summed E-state index contributed by atoms with van der Waals surface area (Å²) in [5.41, 5.74) is 4.53. The first-order valence-corrected chi connectivity index (χ1v) is 7.39. The highest BCUT2D eigenvalue weighted by Crippen LogP contribution is 2.40. The zero-order chi connectivity index (χ0) is 14.1. The fraction of sp³-hybridized carbons (Fsp3) is 0.389. The molecule has 1 aliphatic carbocycles. The van der Waals surface area contributed by atoms with Crippen molar-refractivity contribution in [2.24, 2.45) is 5.92 Å². The first-order valence-electron chi connectivity index (χ1n) is 7.39. The van der Waals surface area contributed by atoms with E-state index in [-0.39, 0.29) is 0 Å². The number of hydrogen-bond acceptors (Lipinski definition) is 1. The molecule has 3 rings (SSSR count). The molecule has 1 atom stereocenters. The molecule has 1 aliphatic rings. The summed E-state index contributed by atoms with van der Waals surface area (Å²) in [5.74, 6) is 1.44. The molecule has 0 bridgehead atoms. The van der Waals surface area contributed by atoms with Crippen molar-refractivity contribution in [2.45, 2.75) is 39.0 Å². The van der Waals surface area contributed by atoms with E-state index >= 15 is 0 Å². The lowest BCUT2D eigenvalue weighted by atomic mass is 9.75. The van der Waals surface area contributed by atoms with Crippen LogP contribution in [0.4, 0.5) is 0 Å². The second kappa shape index (κ2) is 5.17. The molecule has 1 unspecified atom stereocenters. The van der Waals surface area contributed by atoms with Crippen LogP contribution >= 0.6 is 0 Å². The topological polar surface area (TPSA) is 28.7 Å². The van der Waals surface area contributed by atoms with Crippen LogP contribution in [0.1, 0.15) is 49.1 Å². The van der Waals surface area contributed by atoms with Gasteiger partial charge in [-0.1, -0.05) is 13.3 Å². The molecule has 0 saturated heterocycles. The van der Waals surface area contributed by atoms with Gasteiger partial charge in [-0.3, -0.25) is 0 Å². The average molecular weight is 264 g/mol. The Bertz CT molecular complexity index is 639. The van der Waals surface area contributed by atoms with E-state index in [1.54, 1.807) is 0 Å². The fourth-order valence-corrected chi connectivity index (χ4v) is 3.13. The van der Waals surface area contributed by atoms with Gasteiger partial charge in [0.25, 0.3) is 0 Å². The summed E-state index contributed by atoms with van der Waals surface area (Å²) in [4.78, 5) is 0. The van der Waals surface area contributed by atoms with Gasteiger partial charge in [0.15, 0.2) is 0 Å². The SMILES string of the molecule is Cc1ccc(C(C)C2CCC2)n1-c1ccc(C#N)cc1. The molecule has 1 fully saturated rings. The first kappa shape index (κ1) is 13.0. The maximum atomic E-state index is 8.91. The number of benzene rings is 1. The maximum Gasteiger partial charge on any atom is 0.0991 e. The molecule has 2 aromatic rings. The summed E-state index contributed by atoms with van der Waals surface area (Å²) in [5, 5.41) is 8.91. The standard InChI is InChI=1S/C18H20N2/c1-13-6-11-18(14(2)16-4-3-5-16)20(13)17-9-7-15(12-19)8-10-17/h6-11,14,16H,3-5H2,1-2H3. The lowest BCUT2D eigenvalue weighted by Crippen LogP contribution is -2.20. The maximum absolute atomic E-state index is 8.91. The molecule has 2 nitrogen and oxygen atoms in total. The minimum absolute atomic E-state index is 0.605. The summed E-state index contributed by atoms with van der Waals surface area (Å²) in [6, 6.07) is 14.5. The molecular weight excluding hydrogens is 244 g/mol. The van der Waals surface area contributed by atoms with Crippen molar-refractivity contribution in [3.63, 3.8) is 0 Å². The minimum atomic E-state index is 0.605. The van der Waals surface area contributed by atoms with E-state index in [9.17, 15) is 0 Å². The predicted octanol–water partition coefficient (Wildman–Crippen LogP) is 4.56.